The van der Waals surface area contributed by atoms with E-state index in [0.29, 0.717) is 17.8 Å². The van der Waals surface area contributed by atoms with Gasteiger partial charge in [0.15, 0.2) is 6.10 Å². The van der Waals surface area contributed by atoms with Crippen LogP contribution < -0.4 is 15.4 Å². The third-order valence-corrected chi connectivity index (χ3v) is 5.53. The van der Waals surface area contributed by atoms with Crippen LogP contribution in [0.4, 0.5) is 10.5 Å². The van der Waals surface area contributed by atoms with Crippen LogP contribution in [0.25, 0.3) is 0 Å². The number of cyclic esters (lactones) is 1. The topological polar surface area (TPSA) is 126 Å². The van der Waals surface area contributed by atoms with E-state index < -0.39 is 12.1 Å². The number of hydrogen-bond donors (Lipinski definition) is 3. The summed E-state index contributed by atoms with van der Waals surface area (Å²) in [7, 11) is 0. The second-order valence-electron chi connectivity index (χ2n) is 8.54. The molecule has 1 saturated heterocycles. The average Bonchev–Trinajstić information content (AvgIpc) is 3.23. The van der Waals surface area contributed by atoms with Gasteiger partial charge >= 0.3 is 6.09 Å². The van der Waals surface area contributed by atoms with Crippen LogP contribution in [0.2, 0.25) is 0 Å². The first-order chi connectivity index (χ1) is 17.2. The first kappa shape index (κ1) is 26.3. The van der Waals surface area contributed by atoms with E-state index in [-0.39, 0.29) is 18.5 Å². The minimum Gasteiger partial charge on any atom is -0.490 e. The number of aryl methyl sites for hydroxylation is 3. The van der Waals surface area contributed by atoms with Crippen LogP contribution in [-0.2, 0) is 22.4 Å². The molecule has 1 unspecified atom stereocenters. The Labute approximate surface area is 210 Å². The van der Waals surface area contributed by atoms with Crippen LogP contribution >= 0.6 is 0 Å². The van der Waals surface area contributed by atoms with Crippen LogP contribution in [0.3, 0.4) is 0 Å². The molecule has 4 rings (SSSR count). The molecule has 188 valence electrons. The molecule has 0 bridgehead atoms. The number of nitrogen functional groups attached to an aromatic ring is 1. The van der Waals surface area contributed by atoms with Crippen LogP contribution in [0.5, 0.6) is 5.75 Å². The average molecular weight is 490 g/mol. The highest BCUT2D eigenvalue weighted by molar-refractivity contribution is 5.97. The van der Waals surface area contributed by atoms with Crippen LogP contribution in [0.1, 0.15) is 29.2 Å². The standard InChI is InChI=1S/C26H27N3O3.C2H4O2/c1-18-5-7-19(8-6-18)9-10-20-11-13-23(14-12-20)31-17-24-16-29(26(30)32-24)22-4-2-3-21(15-22)25(27)28;1-2(3)4/h2-8,11-15,24H,9-10,16-17H2,1H3,(H3,27,28);1H3,(H,3,4). The maximum absolute atomic E-state index is 12.3. The zero-order valence-electron chi connectivity index (χ0n) is 20.4. The number of nitrogens with zero attached hydrogens (tertiary/aromatic N) is 1. The molecule has 3 aromatic carbocycles. The SMILES string of the molecule is CC(=O)O.Cc1ccc(CCc2ccc(OCC3CN(c4cccc(C(=N)N)c4)C(=O)O3)cc2)cc1. The molecule has 1 aliphatic rings. The molecule has 1 atom stereocenters. The van der Waals surface area contributed by atoms with Crippen molar-refractivity contribution in [2.45, 2.75) is 32.8 Å². The lowest BCUT2D eigenvalue weighted by Gasteiger charge is -2.14. The van der Waals surface area contributed by atoms with Gasteiger partial charge in [0.25, 0.3) is 5.97 Å². The Kier molecular flexibility index (Phi) is 9.05. The molecule has 4 N–H and O–H groups in total. The minimum absolute atomic E-state index is 0.0402. The quantitative estimate of drug-likeness (QED) is 0.315. The van der Waals surface area contributed by atoms with Gasteiger partial charge in [-0.25, -0.2) is 4.79 Å². The number of aliphatic carboxylic acids is 1. The Bertz CT molecular complexity index is 1190. The number of carboxylic acids is 1. The molecule has 0 radical (unpaired) electrons. The van der Waals surface area contributed by atoms with E-state index in [4.69, 9.17) is 30.5 Å². The van der Waals surface area contributed by atoms with Gasteiger partial charge in [-0.3, -0.25) is 15.1 Å². The van der Waals surface area contributed by atoms with Crippen molar-refractivity contribution in [1.82, 2.24) is 0 Å². The lowest BCUT2D eigenvalue weighted by Crippen LogP contribution is -2.27. The molecule has 8 heteroatoms. The van der Waals surface area contributed by atoms with E-state index in [9.17, 15) is 4.79 Å². The largest absolute Gasteiger partial charge is 0.490 e. The summed E-state index contributed by atoms with van der Waals surface area (Å²) < 4.78 is 11.3. The number of amides is 1. The molecular weight excluding hydrogens is 458 g/mol. The Morgan fingerprint density at radius 1 is 1.08 bits per heavy atom. The van der Waals surface area contributed by atoms with Gasteiger partial charge in [0.1, 0.15) is 18.2 Å². The molecule has 1 aliphatic heterocycles. The summed E-state index contributed by atoms with van der Waals surface area (Å²) in [6.45, 7) is 3.84. The number of amidine groups is 1. The maximum atomic E-state index is 12.3. The van der Waals surface area contributed by atoms with Gasteiger partial charge in [0.2, 0.25) is 0 Å². The minimum atomic E-state index is -0.833. The Balaban J connectivity index is 0.000000840. The molecule has 0 spiro atoms. The number of ether oxygens (including phenoxy) is 2. The number of nitrogens with two attached hydrogens (primary N) is 1. The van der Waals surface area contributed by atoms with Crippen molar-refractivity contribution >= 4 is 23.6 Å². The second-order valence-corrected chi connectivity index (χ2v) is 8.54. The number of hydrogen-bond acceptors (Lipinski definition) is 5. The lowest BCUT2D eigenvalue weighted by atomic mass is 10.0. The molecule has 0 aliphatic carbocycles. The summed E-state index contributed by atoms with van der Waals surface area (Å²) in [5.74, 6) is -0.126. The number of carbonyl (C=O) groups is 2. The first-order valence-corrected chi connectivity index (χ1v) is 11.6. The first-order valence-electron chi connectivity index (χ1n) is 11.6. The summed E-state index contributed by atoms with van der Waals surface area (Å²) >= 11 is 0. The number of nitrogens with one attached hydrogen (secondary N) is 1. The molecule has 0 aromatic heterocycles. The van der Waals surface area contributed by atoms with Crippen molar-refractivity contribution in [1.29, 1.82) is 5.41 Å². The molecule has 8 nitrogen and oxygen atoms in total. The van der Waals surface area contributed by atoms with Gasteiger partial charge in [0, 0.05) is 18.2 Å². The summed E-state index contributed by atoms with van der Waals surface area (Å²) in [6, 6.07) is 23.7. The summed E-state index contributed by atoms with van der Waals surface area (Å²) in [6.07, 6.45) is 1.17. The third kappa shape index (κ3) is 7.87. The highest BCUT2D eigenvalue weighted by atomic mass is 16.6. The molecule has 1 heterocycles. The van der Waals surface area contributed by atoms with E-state index in [1.807, 2.05) is 12.1 Å². The highest BCUT2D eigenvalue weighted by Crippen LogP contribution is 2.23. The van der Waals surface area contributed by atoms with Crippen molar-refractivity contribution < 1.29 is 24.2 Å². The monoisotopic (exact) mass is 489 g/mol. The van der Waals surface area contributed by atoms with E-state index in [2.05, 4.69) is 43.3 Å². The fourth-order valence-electron chi connectivity index (χ4n) is 3.65. The van der Waals surface area contributed by atoms with Gasteiger partial charge in [-0.1, -0.05) is 54.1 Å². The zero-order chi connectivity index (χ0) is 26.1. The van der Waals surface area contributed by atoms with Crippen LogP contribution in [0, 0.1) is 12.3 Å². The molecule has 1 fully saturated rings. The van der Waals surface area contributed by atoms with Gasteiger partial charge in [-0.05, 0) is 55.2 Å². The maximum Gasteiger partial charge on any atom is 0.414 e. The fourth-order valence-corrected chi connectivity index (χ4v) is 3.65. The van der Waals surface area contributed by atoms with Crippen LogP contribution in [-0.4, -0.2) is 42.3 Å². The smallest absolute Gasteiger partial charge is 0.414 e. The Morgan fingerprint density at radius 3 is 2.25 bits per heavy atom. The highest BCUT2D eigenvalue weighted by Gasteiger charge is 2.33. The number of carbonyl (C=O) groups excluding carboxylic acids is 1. The number of rotatable bonds is 8. The van der Waals surface area contributed by atoms with Crippen molar-refractivity contribution in [3.8, 4) is 5.75 Å². The molecule has 3 aromatic rings. The lowest BCUT2D eigenvalue weighted by molar-refractivity contribution is -0.134. The number of anilines is 1. The summed E-state index contributed by atoms with van der Waals surface area (Å²) in [5, 5.41) is 15.0. The molecular formula is C28H31N3O5. The van der Waals surface area contributed by atoms with E-state index in [0.717, 1.165) is 25.5 Å². The fraction of sp³-hybridized carbons (Fsp3) is 0.250. The Morgan fingerprint density at radius 2 is 1.67 bits per heavy atom. The predicted octanol–water partition coefficient (Wildman–Crippen LogP) is 4.56. The van der Waals surface area contributed by atoms with Crippen LogP contribution in [0.15, 0.2) is 72.8 Å². The van der Waals surface area contributed by atoms with Crippen molar-refractivity contribution in [2.24, 2.45) is 5.73 Å². The van der Waals surface area contributed by atoms with Gasteiger partial charge < -0.3 is 20.3 Å². The molecule has 0 saturated carbocycles. The molecule has 1 amide bonds. The van der Waals surface area contributed by atoms with Crippen molar-refractivity contribution in [3.63, 3.8) is 0 Å². The van der Waals surface area contributed by atoms with E-state index in [1.165, 1.54) is 21.6 Å². The second kappa shape index (κ2) is 12.4. The van der Waals surface area contributed by atoms with Gasteiger partial charge in [0.05, 0.1) is 6.54 Å². The summed E-state index contributed by atoms with van der Waals surface area (Å²) in [5.41, 5.74) is 10.6. The normalized spacial score (nSPS) is 14.4. The zero-order valence-corrected chi connectivity index (χ0v) is 20.4. The van der Waals surface area contributed by atoms with Crippen molar-refractivity contribution in [2.75, 3.05) is 18.1 Å². The Hall–Kier alpha value is -4.33. The van der Waals surface area contributed by atoms with E-state index in [1.54, 1.807) is 24.3 Å². The summed E-state index contributed by atoms with van der Waals surface area (Å²) in [4.78, 5) is 22.8. The number of benzene rings is 3. The van der Waals surface area contributed by atoms with Gasteiger partial charge in [-0.15, -0.1) is 0 Å². The number of carboxylic acid groups (broad SMARTS) is 1. The third-order valence-electron chi connectivity index (χ3n) is 5.53. The van der Waals surface area contributed by atoms with Crippen molar-refractivity contribution in [3.05, 3.63) is 95.1 Å². The predicted molar refractivity (Wildman–Crippen MR) is 139 cm³/mol. The van der Waals surface area contributed by atoms with Gasteiger partial charge in [-0.2, -0.15) is 0 Å². The molecule has 36 heavy (non-hydrogen) atoms. The van der Waals surface area contributed by atoms with E-state index >= 15 is 0 Å².